The van der Waals surface area contributed by atoms with E-state index in [-0.39, 0.29) is 0 Å². The van der Waals surface area contributed by atoms with Crippen LogP contribution >= 0.6 is 11.6 Å². The molecule has 0 heterocycles. The fourth-order valence-electron chi connectivity index (χ4n) is 1.44. The van der Waals surface area contributed by atoms with Gasteiger partial charge in [0.1, 0.15) is 0 Å². The van der Waals surface area contributed by atoms with E-state index in [0.717, 1.165) is 32.1 Å². The monoisotopic (exact) mass is 221 g/mol. The minimum atomic E-state index is 0.720. The zero-order chi connectivity index (χ0) is 10.6. The third-order valence-corrected chi connectivity index (χ3v) is 2.51. The lowest BCUT2D eigenvalue weighted by molar-refractivity contribution is 0.150. The molecule has 0 fully saturated rings. The topological polar surface area (TPSA) is 12.5 Å². The number of unbranched alkanes of at least 4 members (excludes halogenated alkanes) is 3. The Morgan fingerprint density at radius 1 is 1.07 bits per heavy atom. The first kappa shape index (κ1) is 14.2. The van der Waals surface area contributed by atoms with Gasteiger partial charge in [-0.2, -0.15) is 0 Å². The van der Waals surface area contributed by atoms with Crippen molar-refractivity contribution in [1.82, 2.24) is 4.90 Å². The SMILES string of the molecule is CCCCCCN(CCCl)CCOC. The standard InChI is InChI=1S/C11H24ClNO/c1-3-4-5-6-8-13(9-7-12)10-11-14-2/h3-11H2,1-2H3. The predicted molar refractivity (Wildman–Crippen MR) is 63.2 cm³/mol. The predicted octanol–water partition coefficient (Wildman–Crippen LogP) is 2.75. The average molecular weight is 222 g/mol. The van der Waals surface area contributed by atoms with Gasteiger partial charge in [0.2, 0.25) is 0 Å². The Balaban J connectivity index is 3.40. The van der Waals surface area contributed by atoms with Gasteiger partial charge in [0.25, 0.3) is 0 Å². The van der Waals surface area contributed by atoms with E-state index in [2.05, 4.69) is 11.8 Å². The summed E-state index contributed by atoms with van der Waals surface area (Å²) in [6.45, 7) is 6.20. The molecule has 0 aromatic rings. The third kappa shape index (κ3) is 8.79. The molecule has 0 N–H and O–H groups in total. The van der Waals surface area contributed by atoms with Crippen LogP contribution in [0.1, 0.15) is 32.6 Å². The van der Waals surface area contributed by atoms with Crippen molar-refractivity contribution in [2.45, 2.75) is 32.6 Å². The van der Waals surface area contributed by atoms with Gasteiger partial charge in [-0.3, -0.25) is 4.90 Å². The highest BCUT2D eigenvalue weighted by atomic mass is 35.5. The molecule has 0 spiro atoms. The molecule has 0 radical (unpaired) electrons. The van der Waals surface area contributed by atoms with Crippen molar-refractivity contribution in [3.8, 4) is 0 Å². The third-order valence-electron chi connectivity index (χ3n) is 2.34. The van der Waals surface area contributed by atoms with Gasteiger partial charge in [-0.1, -0.05) is 26.2 Å². The van der Waals surface area contributed by atoms with E-state index < -0.39 is 0 Å². The number of alkyl halides is 1. The zero-order valence-electron chi connectivity index (χ0n) is 9.60. The molecule has 0 aliphatic heterocycles. The van der Waals surface area contributed by atoms with Gasteiger partial charge in [-0.05, 0) is 13.0 Å². The van der Waals surface area contributed by atoms with Crippen LogP contribution in [-0.2, 0) is 4.74 Å². The summed E-state index contributed by atoms with van der Waals surface area (Å²) in [4.78, 5) is 2.38. The molecule has 14 heavy (non-hydrogen) atoms. The fraction of sp³-hybridized carbons (Fsp3) is 1.00. The van der Waals surface area contributed by atoms with Crippen molar-refractivity contribution in [2.24, 2.45) is 0 Å². The van der Waals surface area contributed by atoms with Crippen LogP contribution < -0.4 is 0 Å². The summed E-state index contributed by atoms with van der Waals surface area (Å²) in [5.74, 6) is 0.720. The molecule has 86 valence electrons. The maximum Gasteiger partial charge on any atom is 0.0589 e. The summed E-state index contributed by atoms with van der Waals surface area (Å²) in [6, 6.07) is 0. The normalized spacial score (nSPS) is 11.1. The number of hydrogen-bond donors (Lipinski definition) is 0. The van der Waals surface area contributed by atoms with Crippen LogP contribution in [0.25, 0.3) is 0 Å². The van der Waals surface area contributed by atoms with E-state index in [1.807, 2.05) is 0 Å². The molecule has 3 heteroatoms. The smallest absolute Gasteiger partial charge is 0.0589 e. The van der Waals surface area contributed by atoms with Gasteiger partial charge in [0, 0.05) is 26.1 Å². The van der Waals surface area contributed by atoms with Gasteiger partial charge < -0.3 is 4.74 Å². The number of hydrogen-bond acceptors (Lipinski definition) is 2. The van der Waals surface area contributed by atoms with E-state index in [9.17, 15) is 0 Å². The number of halogens is 1. The Kier molecular flexibility index (Phi) is 11.5. The van der Waals surface area contributed by atoms with Gasteiger partial charge >= 0.3 is 0 Å². The van der Waals surface area contributed by atoms with Crippen molar-refractivity contribution < 1.29 is 4.74 Å². The van der Waals surface area contributed by atoms with Gasteiger partial charge in [0.15, 0.2) is 0 Å². The Bertz CT molecular complexity index is 111. The molecule has 2 nitrogen and oxygen atoms in total. The number of methoxy groups -OCH3 is 1. The van der Waals surface area contributed by atoms with E-state index in [1.165, 1.54) is 25.7 Å². The van der Waals surface area contributed by atoms with E-state index in [4.69, 9.17) is 16.3 Å². The lowest BCUT2D eigenvalue weighted by atomic mass is 10.2. The molecule has 0 saturated carbocycles. The molecule has 0 rings (SSSR count). The highest BCUT2D eigenvalue weighted by Gasteiger charge is 2.02. The summed E-state index contributed by atoms with van der Waals surface area (Å²) < 4.78 is 5.06. The van der Waals surface area contributed by atoms with Crippen LogP contribution in [0.5, 0.6) is 0 Å². The molecular formula is C11H24ClNO. The molecule has 0 unspecified atom stereocenters. The molecule has 0 aromatic heterocycles. The van der Waals surface area contributed by atoms with Crippen LogP contribution in [0.15, 0.2) is 0 Å². The van der Waals surface area contributed by atoms with Crippen LogP contribution in [0.4, 0.5) is 0 Å². The molecule has 0 saturated heterocycles. The van der Waals surface area contributed by atoms with E-state index in [1.54, 1.807) is 7.11 Å². The second kappa shape index (κ2) is 11.3. The molecule has 0 aliphatic rings. The van der Waals surface area contributed by atoms with E-state index >= 15 is 0 Å². The minimum Gasteiger partial charge on any atom is -0.383 e. The molecule has 0 amide bonds. The summed E-state index contributed by atoms with van der Waals surface area (Å²) in [5, 5.41) is 0. The van der Waals surface area contributed by atoms with Crippen molar-refractivity contribution in [3.63, 3.8) is 0 Å². The lowest BCUT2D eigenvalue weighted by Crippen LogP contribution is -2.30. The fourth-order valence-corrected chi connectivity index (χ4v) is 1.68. The molecule has 0 aliphatic carbocycles. The molecular weight excluding hydrogens is 198 g/mol. The van der Waals surface area contributed by atoms with Crippen LogP contribution in [-0.4, -0.2) is 44.1 Å². The van der Waals surface area contributed by atoms with Crippen molar-refractivity contribution in [2.75, 3.05) is 39.2 Å². The Morgan fingerprint density at radius 2 is 1.86 bits per heavy atom. The van der Waals surface area contributed by atoms with Gasteiger partial charge in [-0.15, -0.1) is 11.6 Å². The van der Waals surface area contributed by atoms with Crippen molar-refractivity contribution in [1.29, 1.82) is 0 Å². The minimum absolute atomic E-state index is 0.720. The van der Waals surface area contributed by atoms with Crippen LogP contribution in [0.3, 0.4) is 0 Å². The average Bonchev–Trinajstić information content (AvgIpc) is 2.20. The summed E-state index contributed by atoms with van der Waals surface area (Å²) in [7, 11) is 1.75. The zero-order valence-corrected chi connectivity index (χ0v) is 10.4. The summed E-state index contributed by atoms with van der Waals surface area (Å²) in [5.41, 5.74) is 0. The molecule has 0 aromatic carbocycles. The highest BCUT2D eigenvalue weighted by Crippen LogP contribution is 2.01. The van der Waals surface area contributed by atoms with Crippen LogP contribution in [0, 0.1) is 0 Å². The van der Waals surface area contributed by atoms with Gasteiger partial charge in [0.05, 0.1) is 6.61 Å². The molecule has 0 bridgehead atoms. The first-order chi connectivity index (χ1) is 6.85. The number of rotatable bonds is 10. The maximum atomic E-state index is 5.73. The van der Waals surface area contributed by atoms with Crippen molar-refractivity contribution >= 4 is 11.6 Å². The quantitative estimate of drug-likeness (QED) is 0.416. The summed E-state index contributed by atoms with van der Waals surface area (Å²) in [6.07, 6.45) is 5.27. The Labute approximate surface area is 93.6 Å². The Hall–Kier alpha value is 0.210. The maximum absolute atomic E-state index is 5.73. The highest BCUT2D eigenvalue weighted by molar-refractivity contribution is 6.18. The number of nitrogens with zero attached hydrogens (tertiary/aromatic N) is 1. The van der Waals surface area contributed by atoms with Crippen LogP contribution in [0.2, 0.25) is 0 Å². The first-order valence-corrected chi connectivity index (χ1v) is 6.15. The first-order valence-electron chi connectivity index (χ1n) is 5.62. The van der Waals surface area contributed by atoms with E-state index in [0.29, 0.717) is 0 Å². The largest absolute Gasteiger partial charge is 0.383 e. The summed E-state index contributed by atoms with van der Waals surface area (Å²) >= 11 is 5.73. The van der Waals surface area contributed by atoms with Crippen molar-refractivity contribution in [3.05, 3.63) is 0 Å². The number of ether oxygens (including phenoxy) is 1. The Morgan fingerprint density at radius 3 is 2.43 bits per heavy atom. The second-order valence-electron chi connectivity index (χ2n) is 3.58. The van der Waals surface area contributed by atoms with Gasteiger partial charge in [-0.25, -0.2) is 0 Å². The molecule has 0 atom stereocenters. The lowest BCUT2D eigenvalue weighted by Gasteiger charge is -2.20. The second-order valence-corrected chi connectivity index (χ2v) is 3.96.